The third-order valence-corrected chi connectivity index (χ3v) is 3.43. The number of benzene rings is 1. The van der Waals surface area contributed by atoms with E-state index < -0.39 is 8.03 Å². The summed E-state index contributed by atoms with van der Waals surface area (Å²) in [7, 11) is -2.08. The summed E-state index contributed by atoms with van der Waals surface area (Å²) in [6.45, 7) is 6.25. The molecule has 1 rings (SSSR count). The fraction of sp³-hybridized carbons (Fsp3) is 0.333. The van der Waals surface area contributed by atoms with E-state index in [2.05, 4.69) is 6.58 Å². The minimum absolute atomic E-state index is 0.556. The van der Waals surface area contributed by atoms with Gasteiger partial charge in [0.25, 0.3) is 0 Å². The van der Waals surface area contributed by atoms with Crippen LogP contribution in [-0.2, 0) is 15.5 Å². The lowest BCUT2D eigenvalue weighted by Crippen LogP contribution is -2.05. The molecule has 0 aliphatic rings. The smallest absolute Gasteiger partial charge is 0.220 e. The van der Waals surface area contributed by atoms with Crippen molar-refractivity contribution < 1.29 is 9.09 Å². The van der Waals surface area contributed by atoms with Gasteiger partial charge in [-0.25, -0.2) is 0 Å². The van der Waals surface area contributed by atoms with E-state index in [4.69, 9.17) is 4.52 Å². The van der Waals surface area contributed by atoms with Crippen LogP contribution in [0, 0.1) is 0 Å². The van der Waals surface area contributed by atoms with Gasteiger partial charge >= 0.3 is 0 Å². The fourth-order valence-electron chi connectivity index (χ4n) is 1.33. The van der Waals surface area contributed by atoms with Gasteiger partial charge in [-0.3, -0.25) is 4.57 Å². The summed E-state index contributed by atoms with van der Waals surface area (Å²) in [5, 5.41) is 0.829. The molecular formula is C12H17O2P. The Kier molecular flexibility index (Phi) is 5.38. The van der Waals surface area contributed by atoms with E-state index in [0.29, 0.717) is 6.61 Å². The largest absolute Gasteiger partial charge is 0.327 e. The van der Waals surface area contributed by atoms with Gasteiger partial charge in [0.1, 0.15) is 0 Å². The summed E-state index contributed by atoms with van der Waals surface area (Å²) < 4.78 is 17.1. The van der Waals surface area contributed by atoms with Crippen LogP contribution >= 0.6 is 8.03 Å². The van der Waals surface area contributed by atoms with Crippen molar-refractivity contribution >= 4 is 13.3 Å². The highest BCUT2D eigenvalue weighted by Crippen LogP contribution is 2.23. The van der Waals surface area contributed by atoms with Crippen molar-refractivity contribution in [2.75, 3.05) is 6.61 Å². The highest BCUT2D eigenvalue weighted by atomic mass is 31.1. The molecule has 82 valence electrons. The van der Waals surface area contributed by atoms with Gasteiger partial charge in [0.05, 0.1) is 6.61 Å². The van der Waals surface area contributed by atoms with Crippen LogP contribution in [0.5, 0.6) is 0 Å². The lowest BCUT2D eigenvalue weighted by Gasteiger charge is -2.07. The van der Waals surface area contributed by atoms with Crippen LogP contribution in [0.2, 0.25) is 0 Å². The van der Waals surface area contributed by atoms with E-state index in [-0.39, 0.29) is 0 Å². The van der Waals surface area contributed by atoms with Crippen LogP contribution in [0.25, 0.3) is 0 Å². The molecule has 0 amide bonds. The molecule has 1 aromatic rings. The maximum atomic E-state index is 11.8. The average Bonchev–Trinajstić information content (AvgIpc) is 2.27. The zero-order chi connectivity index (χ0) is 11.1. The molecule has 0 aliphatic carbocycles. The minimum atomic E-state index is -2.08. The third-order valence-electron chi connectivity index (χ3n) is 2.04. The highest BCUT2D eigenvalue weighted by molar-refractivity contribution is 7.48. The molecule has 0 N–H and O–H groups in total. The molecule has 0 spiro atoms. The molecule has 0 bridgehead atoms. The van der Waals surface area contributed by atoms with Crippen LogP contribution in [0.1, 0.15) is 18.9 Å². The lowest BCUT2D eigenvalue weighted by molar-refractivity contribution is 0.335. The Morgan fingerprint density at radius 2 is 2.20 bits per heavy atom. The quantitative estimate of drug-likeness (QED) is 0.548. The predicted molar refractivity (Wildman–Crippen MR) is 65.2 cm³/mol. The van der Waals surface area contributed by atoms with Crippen LogP contribution < -0.4 is 5.30 Å². The van der Waals surface area contributed by atoms with E-state index in [0.717, 1.165) is 23.7 Å². The van der Waals surface area contributed by atoms with Crippen molar-refractivity contribution in [3.63, 3.8) is 0 Å². The van der Waals surface area contributed by atoms with Crippen LogP contribution in [0.15, 0.2) is 36.9 Å². The van der Waals surface area contributed by atoms with Crippen molar-refractivity contribution in [3.8, 4) is 0 Å². The van der Waals surface area contributed by atoms with Crippen LogP contribution in [0.4, 0.5) is 0 Å². The maximum absolute atomic E-state index is 11.8. The van der Waals surface area contributed by atoms with E-state index in [1.807, 2.05) is 37.3 Å². The molecule has 0 saturated heterocycles. The molecular weight excluding hydrogens is 207 g/mol. The predicted octanol–water partition coefficient (Wildman–Crippen LogP) is 2.94. The summed E-state index contributed by atoms with van der Waals surface area (Å²) in [4.78, 5) is 0. The molecule has 15 heavy (non-hydrogen) atoms. The first-order chi connectivity index (χ1) is 7.29. The third kappa shape index (κ3) is 3.65. The number of hydrogen-bond donors (Lipinski definition) is 0. The van der Waals surface area contributed by atoms with Gasteiger partial charge < -0.3 is 4.52 Å². The lowest BCUT2D eigenvalue weighted by atomic mass is 10.1. The van der Waals surface area contributed by atoms with Gasteiger partial charge in [-0.05, 0) is 24.5 Å². The van der Waals surface area contributed by atoms with Gasteiger partial charge in [0.15, 0.2) is 0 Å². The first kappa shape index (κ1) is 12.2. The fourth-order valence-corrected chi connectivity index (χ4v) is 2.55. The summed E-state index contributed by atoms with van der Waals surface area (Å²) in [6.07, 6.45) is 3.44. The monoisotopic (exact) mass is 224 g/mol. The van der Waals surface area contributed by atoms with E-state index in [1.165, 1.54) is 0 Å². The van der Waals surface area contributed by atoms with Gasteiger partial charge in [-0.1, -0.05) is 31.2 Å². The number of allylic oxidation sites excluding steroid dienone is 1. The normalized spacial score (nSPS) is 12.3. The molecule has 1 aromatic carbocycles. The molecule has 0 saturated carbocycles. The molecule has 0 aromatic heterocycles. The summed E-state index contributed by atoms with van der Waals surface area (Å²) in [5.74, 6) is 0. The summed E-state index contributed by atoms with van der Waals surface area (Å²) >= 11 is 0. The zero-order valence-corrected chi connectivity index (χ0v) is 10.0. The van der Waals surface area contributed by atoms with Crippen LogP contribution in [-0.4, -0.2) is 6.61 Å². The van der Waals surface area contributed by atoms with Gasteiger partial charge in [-0.2, -0.15) is 0 Å². The van der Waals surface area contributed by atoms with Crippen molar-refractivity contribution in [2.45, 2.75) is 19.8 Å². The topological polar surface area (TPSA) is 26.3 Å². The molecule has 2 nitrogen and oxygen atoms in total. The Bertz CT molecular complexity index is 347. The van der Waals surface area contributed by atoms with E-state index in [1.54, 1.807) is 0 Å². The summed E-state index contributed by atoms with van der Waals surface area (Å²) in [6, 6.07) is 7.67. The molecule has 0 aliphatic heterocycles. The molecule has 0 heterocycles. The van der Waals surface area contributed by atoms with E-state index in [9.17, 15) is 4.57 Å². The second-order valence-corrected chi connectivity index (χ2v) is 4.69. The Morgan fingerprint density at radius 1 is 1.47 bits per heavy atom. The van der Waals surface area contributed by atoms with Crippen molar-refractivity contribution in [1.29, 1.82) is 0 Å². The summed E-state index contributed by atoms with van der Waals surface area (Å²) in [5.41, 5.74) is 1.05. The second kappa shape index (κ2) is 6.60. The second-order valence-electron chi connectivity index (χ2n) is 3.29. The van der Waals surface area contributed by atoms with Crippen molar-refractivity contribution in [2.24, 2.45) is 0 Å². The first-order valence-corrected chi connectivity index (χ1v) is 6.47. The molecule has 1 atom stereocenters. The number of hydrogen-bond acceptors (Lipinski definition) is 2. The van der Waals surface area contributed by atoms with Crippen LogP contribution in [0.3, 0.4) is 0 Å². The van der Waals surface area contributed by atoms with Gasteiger partial charge in [0.2, 0.25) is 8.03 Å². The molecule has 0 fully saturated rings. The number of rotatable bonds is 6. The van der Waals surface area contributed by atoms with Crippen molar-refractivity contribution in [3.05, 3.63) is 42.5 Å². The highest BCUT2D eigenvalue weighted by Gasteiger charge is 2.07. The Labute approximate surface area is 91.8 Å². The zero-order valence-electron chi connectivity index (χ0n) is 9.03. The van der Waals surface area contributed by atoms with Gasteiger partial charge in [-0.15, -0.1) is 6.58 Å². The van der Waals surface area contributed by atoms with Gasteiger partial charge in [0, 0.05) is 5.30 Å². The molecule has 0 radical (unpaired) electrons. The molecule has 1 unspecified atom stereocenters. The van der Waals surface area contributed by atoms with Crippen molar-refractivity contribution in [1.82, 2.24) is 0 Å². The first-order valence-electron chi connectivity index (χ1n) is 5.15. The van der Waals surface area contributed by atoms with E-state index >= 15 is 0 Å². The Hall–Kier alpha value is -0.850. The Balaban J connectivity index is 2.82. The average molecular weight is 224 g/mol. The maximum Gasteiger partial charge on any atom is 0.220 e. The minimum Gasteiger partial charge on any atom is -0.327 e. The standard InChI is InChI=1S/C12H17O2P/c1-3-7-11-8-5-6-9-12(11)15(13)14-10-4-2/h3,5-6,8-9,15H,1,4,7,10H2,2H3. The Morgan fingerprint density at radius 3 is 2.87 bits per heavy atom. The SMILES string of the molecule is C=CCc1ccccc1[PH](=O)OCCC. The molecule has 3 heteroatoms.